The van der Waals surface area contributed by atoms with E-state index in [0.29, 0.717) is 5.33 Å². The predicted molar refractivity (Wildman–Crippen MR) is 61.8 cm³/mol. The summed E-state index contributed by atoms with van der Waals surface area (Å²) in [5, 5.41) is 11.5. The number of H-pyrrole nitrogens is 1. The van der Waals surface area contributed by atoms with E-state index in [2.05, 4.69) is 20.9 Å². The number of aryl methyl sites for hydroxylation is 1. The van der Waals surface area contributed by atoms with Gasteiger partial charge in [-0.1, -0.05) is 34.1 Å². The third-order valence-electron chi connectivity index (χ3n) is 2.42. The number of benzene rings is 1. The monoisotopic (exact) mass is 253 g/mol. The molecule has 0 aliphatic heterocycles. The first-order valence-corrected chi connectivity index (χ1v) is 5.67. The summed E-state index contributed by atoms with van der Waals surface area (Å²) in [6.07, 6.45) is -0.439. The van der Waals surface area contributed by atoms with Crippen molar-refractivity contribution in [2.24, 2.45) is 0 Å². The first-order valence-electron chi connectivity index (χ1n) is 4.55. The van der Waals surface area contributed by atoms with Gasteiger partial charge in [0, 0.05) is 27.5 Å². The number of alkyl halides is 1. The van der Waals surface area contributed by atoms with Crippen molar-refractivity contribution in [1.29, 1.82) is 0 Å². The molecular weight excluding hydrogens is 242 g/mol. The van der Waals surface area contributed by atoms with Gasteiger partial charge in [0.1, 0.15) is 0 Å². The zero-order valence-corrected chi connectivity index (χ0v) is 9.51. The van der Waals surface area contributed by atoms with Crippen molar-refractivity contribution in [2.45, 2.75) is 13.0 Å². The second-order valence-electron chi connectivity index (χ2n) is 3.38. The van der Waals surface area contributed by atoms with Gasteiger partial charge in [-0.2, -0.15) is 0 Å². The van der Waals surface area contributed by atoms with Gasteiger partial charge in [-0.05, 0) is 13.0 Å². The van der Waals surface area contributed by atoms with E-state index in [-0.39, 0.29) is 0 Å². The largest absolute Gasteiger partial charge is 0.387 e. The molecule has 1 heterocycles. The highest BCUT2D eigenvalue weighted by Gasteiger charge is 2.14. The van der Waals surface area contributed by atoms with Crippen molar-refractivity contribution in [3.8, 4) is 0 Å². The molecule has 0 saturated carbocycles. The summed E-state index contributed by atoms with van der Waals surface area (Å²) >= 11 is 3.29. The van der Waals surface area contributed by atoms with Gasteiger partial charge < -0.3 is 10.1 Å². The van der Waals surface area contributed by atoms with Crippen LogP contribution in [0.4, 0.5) is 0 Å². The van der Waals surface area contributed by atoms with Crippen molar-refractivity contribution in [3.05, 3.63) is 35.5 Å². The van der Waals surface area contributed by atoms with Gasteiger partial charge in [0.25, 0.3) is 0 Å². The minimum Gasteiger partial charge on any atom is -0.387 e. The maximum absolute atomic E-state index is 9.83. The Balaban J connectivity index is 2.67. The van der Waals surface area contributed by atoms with Gasteiger partial charge >= 0.3 is 0 Å². The summed E-state index contributed by atoms with van der Waals surface area (Å²) in [5.74, 6) is 0. The van der Waals surface area contributed by atoms with E-state index in [1.54, 1.807) is 0 Å². The number of halogens is 1. The fraction of sp³-hybridized carbons (Fsp3) is 0.273. The topological polar surface area (TPSA) is 36.0 Å². The van der Waals surface area contributed by atoms with Gasteiger partial charge in [-0.15, -0.1) is 0 Å². The molecule has 2 N–H and O–H groups in total. The van der Waals surface area contributed by atoms with Gasteiger partial charge in [-0.3, -0.25) is 0 Å². The molecule has 14 heavy (non-hydrogen) atoms. The smallest absolute Gasteiger partial charge is 0.0910 e. The fourth-order valence-electron chi connectivity index (χ4n) is 1.80. The molecule has 0 bridgehead atoms. The van der Waals surface area contributed by atoms with E-state index >= 15 is 0 Å². The van der Waals surface area contributed by atoms with Crippen LogP contribution in [-0.2, 0) is 0 Å². The van der Waals surface area contributed by atoms with Crippen molar-refractivity contribution >= 4 is 26.8 Å². The summed E-state index contributed by atoms with van der Waals surface area (Å²) in [7, 11) is 0. The van der Waals surface area contributed by atoms with Crippen molar-refractivity contribution in [1.82, 2.24) is 4.98 Å². The summed E-state index contributed by atoms with van der Waals surface area (Å²) < 4.78 is 0. The zero-order chi connectivity index (χ0) is 10.1. The molecule has 3 heteroatoms. The van der Waals surface area contributed by atoms with Crippen LogP contribution in [-0.4, -0.2) is 15.4 Å². The molecule has 0 spiro atoms. The molecule has 0 saturated heterocycles. The Labute approximate surface area is 91.1 Å². The van der Waals surface area contributed by atoms with Crippen LogP contribution >= 0.6 is 15.9 Å². The summed E-state index contributed by atoms with van der Waals surface area (Å²) in [4.78, 5) is 3.26. The highest BCUT2D eigenvalue weighted by molar-refractivity contribution is 9.09. The zero-order valence-electron chi connectivity index (χ0n) is 7.92. The third kappa shape index (κ3) is 1.47. The van der Waals surface area contributed by atoms with E-state index in [1.807, 2.05) is 31.2 Å². The average Bonchev–Trinajstić information content (AvgIpc) is 2.53. The number of fused-ring (bicyclic) bond motifs is 1. The quantitative estimate of drug-likeness (QED) is 0.794. The predicted octanol–water partition coefficient (Wildman–Crippen LogP) is 2.90. The van der Waals surface area contributed by atoms with Crippen LogP contribution in [0.2, 0.25) is 0 Å². The van der Waals surface area contributed by atoms with E-state index < -0.39 is 6.10 Å². The molecule has 74 valence electrons. The van der Waals surface area contributed by atoms with Crippen LogP contribution in [0.5, 0.6) is 0 Å². The molecule has 2 rings (SSSR count). The molecule has 0 aliphatic carbocycles. The van der Waals surface area contributed by atoms with Crippen LogP contribution in [0.15, 0.2) is 24.3 Å². The minimum atomic E-state index is -0.439. The lowest BCUT2D eigenvalue weighted by Crippen LogP contribution is -1.98. The molecule has 1 aromatic heterocycles. The molecule has 0 radical (unpaired) electrons. The lowest BCUT2D eigenvalue weighted by Gasteiger charge is -2.06. The van der Waals surface area contributed by atoms with E-state index in [4.69, 9.17) is 0 Å². The van der Waals surface area contributed by atoms with E-state index in [1.165, 1.54) is 0 Å². The van der Waals surface area contributed by atoms with Crippen LogP contribution < -0.4 is 0 Å². The summed E-state index contributed by atoms with van der Waals surface area (Å²) in [6.45, 7) is 1.99. The third-order valence-corrected chi connectivity index (χ3v) is 3.04. The van der Waals surface area contributed by atoms with Gasteiger partial charge in [0.2, 0.25) is 0 Å². The normalized spacial score (nSPS) is 13.4. The Morgan fingerprint density at radius 2 is 2.14 bits per heavy atom. The SMILES string of the molecule is Cc1[nH]c2ccccc2c1C(O)CBr. The number of hydrogen-bond acceptors (Lipinski definition) is 1. The lowest BCUT2D eigenvalue weighted by atomic mass is 10.1. The molecule has 1 unspecified atom stereocenters. The Morgan fingerprint density at radius 1 is 1.43 bits per heavy atom. The standard InChI is InChI=1S/C11H12BrNO/c1-7-11(10(14)6-12)8-4-2-3-5-9(8)13-7/h2-5,10,13-14H,6H2,1H3. The first-order chi connectivity index (χ1) is 6.74. The minimum absolute atomic E-state index is 0.439. The Hall–Kier alpha value is -0.800. The highest BCUT2D eigenvalue weighted by atomic mass is 79.9. The van der Waals surface area contributed by atoms with Crippen LogP contribution in [0, 0.1) is 6.92 Å². The number of rotatable bonds is 2. The summed E-state index contributed by atoms with van der Waals surface area (Å²) in [5.41, 5.74) is 3.12. The number of nitrogens with one attached hydrogen (secondary N) is 1. The maximum Gasteiger partial charge on any atom is 0.0910 e. The molecule has 0 fully saturated rings. The Kier molecular flexibility index (Phi) is 2.61. The average molecular weight is 254 g/mol. The number of para-hydroxylation sites is 1. The number of aliphatic hydroxyl groups is 1. The van der Waals surface area contributed by atoms with E-state index in [0.717, 1.165) is 22.2 Å². The van der Waals surface area contributed by atoms with Gasteiger partial charge in [-0.25, -0.2) is 0 Å². The number of hydrogen-bond donors (Lipinski definition) is 2. The number of aromatic amines is 1. The molecule has 2 nitrogen and oxygen atoms in total. The number of aliphatic hydroxyl groups excluding tert-OH is 1. The fourth-order valence-corrected chi connectivity index (χ4v) is 2.13. The highest BCUT2D eigenvalue weighted by Crippen LogP contribution is 2.28. The summed E-state index contributed by atoms with van der Waals surface area (Å²) in [6, 6.07) is 8.02. The lowest BCUT2D eigenvalue weighted by molar-refractivity contribution is 0.206. The molecule has 2 aromatic rings. The van der Waals surface area contributed by atoms with Crippen LogP contribution in [0.1, 0.15) is 17.4 Å². The van der Waals surface area contributed by atoms with E-state index in [9.17, 15) is 5.11 Å². The maximum atomic E-state index is 9.83. The van der Waals surface area contributed by atoms with Crippen LogP contribution in [0.25, 0.3) is 10.9 Å². The molecule has 1 atom stereocenters. The molecule has 1 aromatic carbocycles. The van der Waals surface area contributed by atoms with Crippen LogP contribution in [0.3, 0.4) is 0 Å². The second kappa shape index (κ2) is 3.75. The number of aromatic nitrogens is 1. The Morgan fingerprint density at radius 3 is 2.86 bits per heavy atom. The van der Waals surface area contributed by atoms with Gasteiger partial charge in [0.05, 0.1) is 6.10 Å². The molecule has 0 amide bonds. The second-order valence-corrected chi connectivity index (χ2v) is 4.03. The Bertz CT molecular complexity index is 449. The van der Waals surface area contributed by atoms with Crippen molar-refractivity contribution in [2.75, 3.05) is 5.33 Å². The molecular formula is C11H12BrNO. The van der Waals surface area contributed by atoms with Gasteiger partial charge in [0.15, 0.2) is 0 Å². The molecule has 0 aliphatic rings. The van der Waals surface area contributed by atoms with Crippen molar-refractivity contribution < 1.29 is 5.11 Å². The first kappa shape index (κ1) is 9.74. The van der Waals surface area contributed by atoms with Crippen molar-refractivity contribution in [3.63, 3.8) is 0 Å².